The zero-order valence-corrected chi connectivity index (χ0v) is 14.7. The molecule has 7 nitrogen and oxygen atoms in total. The number of hydrogen-bond donors (Lipinski definition) is 2. The van der Waals surface area contributed by atoms with Crippen LogP contribution in [0.25, 0.3) is 0 Å². The lowest BCUT2D eigenvalue weighted by Crippen LogP contribution is -2.50. The highest BCUT2D eigenvalue weighted by molar-refractivity contribution is 5.84. The van der Waals surface area contributed by atoms with Gasteiger partial charge in [0.15, 0.2) is 0 Å². The van der Waals surface area contributed by atoms with E-state index in [0.717, 1.165) is 5.56 Å². The van der Waals surface area contributed by atoms with Gasteiger partial charge in [-0.05, 0) is 24.6 Å². The van der Waals surface area contributed by atoms with Crippen molar-refractivity contribution in [3.63, 3.8) is 0 Å². The van der Waals surface area contributed by atoms with Gasteiger partial charge in [-0.15, -0.1) is 0 Å². The molecule has 0 spiro atoms. The number of carbonyl (C=O) groups is 2. The Labute approximate surface area is 152 Å². The molecular weight excluding hydrogens is 334 g/mol. The van der Waals surface area contributed by atoms with Crippen molar-refractivity contribution in [1.82, 2.24) is 15.5 Å². The summed E-state index contributed by atoms with van der Waals surface area (Å²) >= 11 is 0. The lowest BCUT2D eigenvalue weighted by Gasteiger charge is -2.37. The number of carbonyl (C=O) groups excluding carboxylic acids is 2. The summed E-state index contributed by atoms with van der Waals surface area (Å²) in [7, 11) is 0. The van der Waals surface area contributed by atoms with Crippen molar-refractivity contribution in [3.05, 3.63) is 60.1 Å². The first-order valence-electron chi connectivity index (χ1n) is 8.64. The van der Waals surface area contributed by atoms with Gasteiger partial charge >= 0.3 is 6.03 Å². The lowest BCUT2D eigenvalue weighted by atomic mass is 10.1. The van der Waals surface area contributed by atoms with E-state index in [2.05, 4.69) is 10.6 Å². The third-order valence-electron chi connectivity index (χ3n) is 4.19. The fourth-order valence-corrected chi connectivity index (χ4v) is 2.92. The van der Waals surface area contributed by atoms with E-state index in [1.165, 1.54) is 0 Å². The molecule has 0 saturated carbocycles. The molecule has 0 unspecified atom stereocenters. The second kappa shape index (κ2) is 8.53. The van der Waals surface area contributed by atoms with E-state index in [4.69, 9.17) is 9.15 Å². The molecule has 1 aliphatic heterocycles. The molecule has 2 aromatic rings. The van der Waals surface area contributed by atoms with Crippen molar-refractivity contribution in [2.24, 2.45) is 0 Å². The average molecular weight is 357 g/mol. The van der Waals surface area contributed by atoms with Gasteiger partial charge in [-0.25, -0.2) is 4.79 Å². The molecule has 0 bridgehead atoms. The summed E-state index contributed by atoms with van der Waals surface area (Å²) in [4.78, 5) is 26.0. The van der Waals surface area contributed by atoms with Gasteiger partial charge in [0, 0.05) is 6.54 Å². The predicted octanol–water partition coefficient (Wildman–Crippen LogP) is 2.07. The number of nitrogens with one attached hydrogen (secondary N) is 2. The number of urea groups is 1. The molecule has 1 fully saturated rings. The normalized spacial score (nSPS) is 19.8. The number of ether oxygens (including phenoxy) is 1. The maximum atomic E-state index is 12.5. The molecule has 2 N–H and O–H groups in total. The molecule has 7 heteroatoms. The summed E-state index contributed by atoms with van der Waals surface area (Å²) in [5.74, 6) is 0.522. The number of morpholine rings is 1. The molecule has 1 aromatic heterocycles. The monoisotopic (exact) mass is 357 g/mol. The Hall–Kier alpha value is -2.80. The summed E-state index contributed by atoms with van der Waals surface area (Å²) < 4.78 is 11.1. The van der Waals surface area contributed by atoms with Crippen LogP contribution in [0.1, 0.15) is 24.4 Å². The zero-order valence-electron chi connectivity index (χ0n) is 14.7. The van der Waals surface area contributed by atoms with Crippen molar-refractivity contribution in [2.45, 2.75) is 25.7 Å². The molecular formula is C19H23N3O4. The third kappa shape index (κ3) is 4.86. The van der Waals surface area contributed by atoms with E-state index < -0.39 is 6.03 Å². The standard InChI is InChI=1S/C19H23N3O4/c1-14-12-22(13-17(26-14)15-6-3-2-4-7-15)18(23)11-21-19(24)20-10-16-8-5-9-25-16/h2-9,14,17H,10-13H2,1H3,(H2,20,21,24)/t14-,17-/m1/s1. The third-order valence-corrected chi connectivity index (χ3v) is 4.19. The van der Waals surface area contributed by atoms with E-state index in [-0.39, 0.29) is 31.2 Å². The van der Waals surface area contributed by atoms with Crippen LogP contribution in [0.15, 0.2) is 53.1 Å². The minimum atomic E-state index is -0.407. The lowest BCUT2D eigenvalue weighted by molar-refractivity contribution is -0.143. The van der Waals surface area contributed by atoms with Crippen LogP contribution in [0, 0.1) is 0 Å². The molecule has 138 valence electrons. The summed E-state index contributed by atoms with van der Waals surface area (Å²) in [6.45, 7) is 3.15. The summed E-state index contributed by atoms with van der Waals surface area (Å²) in [6, 6.07) is 13.0. The van der Waals surface area contributed by atoms with Crippen LogP contribution in [0.3, 0.4) is 0 Å². The number of amides is 3. The smallest absolute Gasteiger partial charge is 0.315 e. The van der Waals surface area contributed by atoms with Gasteiger partial charge in [-0.2, -0.15) is 0 Å². The molecule has 3 rings (SSSR count). The van der Waals surface area contributed by atoms with Crippen LogP contribution in [-0.2, 0) is 16.1 Å². The first-order chi connectivity index (χ1) is 12.6. The maximum absolute atomic E-state index is 12.5. The first kappa shape index (κ1) is 18.0. The van der Waals surface area contributed by atoms with Gasteiger partial charge in [0.2, 0.25) is 5.91 Å². The number of hydrogen-bond acceptors (Lipinski definition) is 4. The molecule has 1 aliphatic rings. The Morgan fingerprint density at radius 2 is 1.92 bits per heavy atom. The van der Waals surface area contributed by atoms with Gasteiger partial charge in [0.05, 0.1) is 32.0 Å². The topological polar surface area (TPSA) is 83.8 Å². The van der Waals surface area contributed by atoms with Gasteiger partial charge in [-0.3, -0.25) is 4.79 Å². The van der Waals surface area contributed by atoms with Crippen molar-refractivity contribution >= 4 is 11.9 Å². The Bertz CT molecular complexity index is 718. The van der Waals surface area contributed by atoms with Crippen LogP contribution in [-0.4, -0.2) is 42.6 Å². The van der Waals surface area contributed by atoms with E-state index in [1.54, 1.807) is 23.3 Å². The van der Waals surface area contributed by atoms with Crippen molar-refractivity contribution in [1.29, 1.82) is 0 Å². The van der Waals surface area contributed by atoms with Gasteiger partial charge in [0.1, 0.15) is 11.9 Å². The minimum Gasteiger partial charge on any atom is -0.467 e. The van der Waals surface area contributed by atoms with Crippen molar-refractivity contribution < 1.29 is 18.7 Å². The number of furan rings is 1. The molecule has 1 saturated heterocycles. The maximum Gasteiger partial charge on any atom is 0.315 e. The van der Waals surface area contributed by atoms with Crippen LogP contribution in [0.4, 0.5) is 4.79 Å². The van der Waals surface area contributed by atoms with E-state index in [9.17, 15) is 9.59 Å². The molecule has 3 amide bonds. The number of benzene rings is 1. The van der Waals surface area contributed by atoms with E-state index in [1.807, 2.05) is 37.3 Å². The highest BCUT2D eigenvalue weighted by Crippen LogP contribution is 2.24. The minimum absolute atomic E-state index is 0.0573. The average Bonchev–Trinajstić information content (AvgIpc) is 3.18. The van der Waals surface area contributed by atoms with Crippen LogP contribution < -0.4 is 10.6 Å². The van der Waals surface area contributed by atoms with Gasteiger partial charge in [0.25, 0.3) is 0 Å². The molecule has 0 aliphatic carbocycles. The second-order valence-electron chi connectivity index (χ2n) is 6.26. The summed E-state index contributed by atoms with van der Waals surface area (Å²) in [6.07, 6.45) is 1.32. The highest BCUT2D eigenvalue weighted by Gasteiger charge is 2.29. The SMILES string of the molecule is C[C@@H]1CN(C(=O)CNC(=O)NCc2ccco2)C[C@H](c2ccccc2)O1. The number of rotatable bonds is 5. The van der Waals surface area contributed by atoms with E-state index >= 15 is 0 Å². The predicted molar refractivity (Wildman–Crippen MR) is 95.3 cm³/mol. The quantitative estimate of drug-likeness (QED) is 0.858. The second-order valence-corrected chi connectivity index (χ2v) is 6.26. The fourth-order valence-electron chi connectivity index (χ4n) is 2.92. The Balaban J connectivity index is 1.48. The Kier molecular flexibility index (Phi) is 5.91. The molecule has 2 atom stereocenters. The van der Waals surface area contributed by atoms with Crippen LogP contribution >= 0.6 is 0 Å². The summed E-state index contributed by atoms with van der Waals surface area (Å²) in [5.41, 5.74) is 1.04. The van der Waals surface area contributed by atoms with Crippen molar-refractivity contribution in [3.8, 4) is 0 Å². The molecule has 2 heterocycles. The highest BCUT2D eigenvalue weighted by atomic mass is 16.5. The Morgan fingerprint density at radius 1 is 1.12 bits per heavy atom. The largest absolute Gasteiger partial charge is 0.467 e. The molecule has 26 heavy (non-hydrogen) atoms. The fraction of sp³-hybridized carbons (Fsp3) is 0.368. The van der Waals surface area contributed by atoms with Gasteiger partial charge in [-0.1, -0.05) is 30.3 Å². The zero-order chi connectivity index (χ0) is 18.4. The van der Waals surface area contributed by atoms with Crippen molar-refractivity contribution in [2.75, 3.05) is 19.6 Å². The molecule has 0 radical (unpaired) electrons. The molecule has 1 aromatic carbocycles. The Morgan fingerprint density at radius 3 is 2.65 bits per heavy atom. The van der Waals surface area contributed by atoms with E-state index in [0.29, 0.717) is 18.8 Å². The summed E-state index contributed by atoms with van der Waals surface area (Å²) in [5, 5.41) is 5.24. The first-order valence-corrected chi connectivity index (χ1v) is 8.64. The van der Waals surface area contributed by atoms with Gasteiger partial charge < -0.3 is 24.7 Å². The van der Waals surface area contributed by atoms with Crippen LogP contribution in [0.2, 0.25) is 0 Å². The number of nitrogens with zero attached hydrogens (tertiary/aromatic N) is 1. The van der Waals surface area contributed by atoms with Crippen LogP contribution in [0.5, 0.6) is 0 Å².